The molecule has 0 unspecified atom stereocenters. The number of nitrogens with zero attached hydrogens (tertiary/aromatic N) is 5. The highest BCUT2D eigenvalue weighted by atomic mass is 32.2. The van der Waals surface area contributed by atoms with Gasteiger partial charge in [-0.15, -0.1) is 0 Å². The van der Waals surface area contributed by atoms with Crippen molar-refractivity contribution < 1.29 is 31.5 Å². The van der Waals surface area contributed by atoms with Gasteiger partial charge in [0.25, 0.3) is 5.91 Å². The minimum atomic E-state index is -3.25. The number of amides is 1. The Balaban J connectivity index is 0.000000209. The number of aliphatic carboxylic acids is 1. The number of carbonyl (C=O) groups excluding carboxylic acids is 1. The number of para-hydroxylation sites is 2. The molecule has 0 spiro atoms. The highest BCUT2D eigenvalue weighted by Gasteiger charge is 2.14. The van der Waals surface area contributed by atoms with E-state index in [9.17, 15) is 26.4 Å². The minimum Gasteiger partial charge on any atom is -0.478 e. The average Bonchev–Trinajstić information content (AvgIpc) is 3.80. The first kappa shape index (κ1) is 43.4. The Hall–Kier alpha value is -6.28. The smallest absolute Gasteiger partial charge is 0.328 e. The van der Waals surface area contributed by atoms with Gasteiger partial charge in [-0.05, 0) is 73.5 Å². The van der Waals surface area contributed by atoms with Gasteiger partial charge in [0.15, 0.2) is 11.3 Å². The SMILES string of the molecule is CS(=O)(=O)NCCCN(C(=O)/C=C/c1[nH]nc2ncccc12)c1ccccc1.CS(=O)(=O)NCCCNc1ccccc1.O=C(O)/C=C/c1[nH]nc2ncccc12. The number of carbonyl (C=O) groups is 2. The molecule has 0 bridgehead atoms. The summed E-state index contributed by atoms with van der Waals surface area (Å²) in [5.41, 5.74) is 4.31. The van der Waals surface area contributed by atoms with Crippen molar-refractivity contribution in [3.8, 4) is 0 Å². The number of aromatic amines is 2. The monoisotopic (exact) mass is 816 g/mol. The maximum atomic E-state index is 12.8. The van der Waals surface area contributed by atoms with Crippen LogP contribution in [0.25, 0.3) is 34.2 Å². The van der Waals surface area contributed by atoms with Gasteiger partial charge in [-0.25, -0.2) is 41.0 Å². The van der Waals surface area contributed by atoms with E-state index in [1.165, 1.54) is 12.2 Å². The molecule has 17 nitrogen and oxygen atoms in total. The molecule has 0 saturated heterocycles. The van der Waals surface area contributed by atoms with Crippen molar-refractivity contribution in [2.75, 3.05) is 48.9 Å². The van der Waals surface area contributed by atoms with Crippen molar-refractivity contribution in [3.63, 3.8) is 0 Å². The molecule has 300 valence electrons. The van der Waals surface area contributed by atoms with Crippen LogP contribution in [0.5, 0.6) is 0 Å². The second-order valence-corrected chi connectivity index (χ2v) is 15.9. The van der Waals surface area contributed by atoms with Crippen LogP contribution in [0.4, 0.5) is 11.4 Å². The number of aromatic nitrogens is 6. The summed E-state index contributed by atoms with van der Waals surface area (Å²) < 4.78 is 48.8. The molecule has 0 fully saturated rings. The maximum Gasteiger partial charge on any atom is 0.328 e. The molecule has 2 aromatic carbocycles. The van der Waals surface area contributed by atoms with Gasteiger partial charge in [0.05, 0.1) is 23.9 Å². The molecular weight excluding hydrogens is 773 g/mol. The van der Waals surface area contributed by atoms with Crippen LogP contribution in [-0.4, -0.2) is 103 Å². The number of benzene rings is 2. The summed E-state index contributed by atoms with van der Waals surface area (Å²) in [6.07, 6.45) is 12.5. The Kier molecular flexibility index (Phi) is 16.6. The van der Waals surface area contributed by atoms with Crippen molar-refractivity contribution in [3.05, 3.63) is 121 Å². The minimum absolute atomic E-state index is 0.211. The number of anilines is 2. The van der Waals surface area contributed by atoms with Crippen molar-refractivity contribution >= 4 is 77.5 Å². The van der Waals surface area contributed by atoms with E-state index in [0.29, 0.717) is 42.2 Å². The van der Waals surface area contributed by atoms with Gasteiger partial charge in [-0.3, -0.25) is 15.0 Å². The summed E-state index contributed by atoms with van der Waals surface area (Å²) in [5.74, 6) is -1.20. The molecule has 6 rings (SSSR count). The molecule has 4 aromatic heterocycles. The number of hydrogen-bond acceptors (Lipinski definition) is 11. The summed E-state index contributed by atoms with van der Waals surface area (Å²) in [5, 5.41) is 26.9. The molecule has 57 heavy (non-hydrogen) atoms. The number of fused-ring (bicyclic) bond motifs is 2. The molecule has 1 amide bonds. The Morgan fingerprint density at radius 1 is 0.684 bits per heavy atom. The van der Waals surface area contributed by atoms with E-state index in [-0.39, 0.29) is 12.5 Å². The summed E-state index contributed by atoms with van der Waals surface area (Å²) >= 11 is 0. The fraction of sp³-hybridized carbons (Fsp3) is 0.211. The lowest BCUT2D eigenvalue weighted by atomic mass is 10.2. The number of hydrogen-bond donors (Lipinski definition) is 6. The predicted octanol–water partition coefficient (Wildman–Crippen LogP) is 4.04. The first-order valence-corrected chi connectivity index (χ1v) is 21.3. The number of carboxylic acids is 1. The number of carboxylic acid groups (broad SMARTS) is 1. The molecular formula is C38H44N10O7S2. The molecule has 19 heteroatoms. The van der Waals surface area contributed by atoms with E-state index in [2.05, 4.69) is 45.1 Å². The Morgan fingerprint density at radius 2 is 1.19 bits per heavy atom. The summed E-state index contributed by atoms with van der Waals surface area (Å²) in [7, 11) is -6.30. The second kappa shape index (κ2) is 21.7. The Labute approximate surface area is 330 Å². The number of sulfonamides is 2. The van der Waals surface area contributed by atoms with Gasteiger partial charge in [-0.1, -0.05) is 36.4 Å². The molecule has 6 N–H and O–H groups in total. The van der Waals surface area contributed by atoms with Crippen molar-refractivity contribution in [1.29, 1.82) is 0 Å². The first-order valence-electron chi connectivity index (χ1n) is 17.5. The second-order valence-electron chi connectivity index (χ2n) is 12.2. The van der Waals surface area contributed by atoms with Crippen LogP contribution in [0.15, 0.2) is 109 Å². The van der Waals surface area contributed by atoms with E-state index in [1.807, 2.05) is 78.9 Å². The van der Waals surface area contributed by atoms with E-state index < -0.39 is 26.0 Å². The summed E-state index contributed by atoms with van der Waals surface area (Å²) in [4.78, 5) is 32.9. The van der Waals surface area contributed by atoms with Gasteiger partial charge in [-0.2, -0.15) is 10.2 Å². The van der Waals surface area contributed by atoms with Gasteiger partial charge in [0.1, 0.15) is 0 Å². The fourth-order valence-electron chi connectivity index (χ4n) is 5.00. The lowest BCUT2D eigenvalue weighted by Gasteiger charge is -2.21. The number of nitrogens with one attached hydrogen (secondary N) is 5. The summed E-state index contributed by atoms with van der Waals surface area (Å²) in [6, 6.07) is 26.4. The van der Waals surface area contributed by atoms with Crippen LogP contribution < -0.4 is 19.7 Å². The molecule has 4 heterocycles. The molecule has 0 saturated carbocycles. The van der Waals surface area contributed by atoms with Crippen molar-refractivity contribution in [1.82, 2.24) is 39.8 Å². The fourth-order valence-corrected chi connectivity index (χ4v) is 6.03. The zero-order chi connectivity index (χ0) is 41.1. The lowest BCUT2D eigenvalue weighted by molar-refractivity contribution is -0.131. The maximum absolute atomic E-state index is 12.8. The zero-order valence-electron chi connectivity index (χ0n) is 31.2. The number of pyridine rings is 2. The summed E-state index contributed by atoms with van der Waals surface area (Å²) in [6.45, 7) is 1.86. The molecule has 6 aromatic rings. The van der Waals surface area contributed by atoms with Crippen molar-refractivity contribution in [2.24, 2.45) is 0 Å². The van der Waals surface area contributed by atoms with E-state index in [4.69, 9.17) is 5.11 Å². The van der Waals surface area contributed by atoms with Crippen LogP contribution in [-0.2, 0) is 29.6 Å². The van der Waals surface area contributed by atoms with Crippen LogP contribution >= 0.6 is 0 Å². The normalized spacial score (nSPS) is 11.5. The number of H-pyrrole nitrogens is 2. The molecule has 0 radical (unpaired) electrons. The largest absolute Gasteiger partial charge is 0.478 e. The highest BCUT2D eigenvalue weighted by Crippen LogP contribution is 2.17. The van der Waals surface area contributed by atoms with Crippen LogP contribution in [0.2, 0.25) is 0 Å². The van der Waals surface area contributed by atoms with Crippen LogP contribution in [0.1, 0.15) is 24.2 Å². The van der Waals surface area contributed by atoms with Gasteiger partial charge in [0, 0.05) is 72.9 Å². The van der Waals surface area contributed by atoms with E-state index in [0.717, 1.165) is 53.7 Å². The molecule has 0 aliphatic carbocycles. The zero-order valence-corrected chi connectivity index (χ0v) is 32.9. The van der Waals surface area contributed by atoms with Gasteiger partial charge < -0.3 is 15.3 Å². The predicted molar refractivity (Wildman–Crippen MR) is 222 cm³/mol. The molecule has 0 aliphatic heterocycles. The topological polar surface area (TPSA) is 245 Å². The third-order valence-electron chi connectivity index (χ3n) is 7.58. The third-order valence-corrected chi connectivity index (χ3v) is 9.04. The Bertz CT molecular complexity index is 2470. The van der Waals surface area contributed by atoms with E-state index in [1.54, 1.807) is 29.4 Å². The standard InChI is InChI=1S/C19H21N5O3S.C10H16N2O2S.C9H7N3O2/c1-28(26,27)21-13-6-14-24(15-7-3-2-4-8-15)18(25)11-10-17-16-9-5-12-20-19(16)23-22-17;1-15(13,14)12-9-5-8-11-10-6-3-2-4-7-10;13-8(14)4-3-7-6-2-1-5-10-9(6)12-11-7/h2-5,7-12,21H,6,13-14H2,1H3,(H,20,22,23);2-4,6-7,11-12H,5,8-9H2,1H3;1-5H,(H,13,14)(H,10,11,12)/b11-10+;;4-3+. The molecule has 0 aliphatic rings. The third kappa shape index (κ3) is 15.8. The highest BCUT2D eigenvalue weighted by molar-refractivity contribution is 7.89. The molecule has 0 atom stereocenters. The van der Waals surface area contributed by atoms with Crippen LogP contribution in [0.3, 0.4) is 0 Å². The average molecular weight is 817 g/mol. The quantitative estimate of drug-likeness (QED) is 0.0599. The first-order chi connectivity index (χ1) is 27.3. The van der Waals surface area contributed by atoms with Gasteiger partial charge in [0.2, 0.25) is 20.0 Å². The van der Waals surface area contributed by atoms with Crippen LogP contribution in [0, 0.1) is 0 Å². The number of rotatable bonds is 16. The van der Waals surface area contributed by atoms with Crippen molar-refractivity contribution in [2.45, 2.75) is 12.8 Å². The van der Waals surface area contributed by atoms with E-state index >= 15 is 0 Å². The lowest BCUT2D eigenvalue weighted by Crippen LogP contribution is -2.33. The van der Waals surface area contributed by atoms with Gasteiger partial charge >= 0.3 is 5.97 Å². The Morgan fingerprint density at radius 3 is 1.72 bits per heavy atom.